The van der Waals surface area contributed by atoms with Crippen LogP contribution in [0.4, 0.5) is 0 Å². The van der Waals surface area contributed by atoms with E-state index in [4.69, 9.17) is 5.10 Å². The lowest BCUT2D eigenvalue weighted by molar-refractivity contribution is 0.0893. The minimum absolute atomic E-state index is 0.548. The number of nitrogens with zero attached hydrogens (tertiary/aromatic N) is 5. The second-order valence-electron chi connectivity index (χ2n) is 5.64. The molecule has 1 fully saturated rings. The highest BCUT2D eigenvalue weighted by molar-refractivity contribution is 5.12. The molecule has 0 saturated carbocycles. The first-order valence-corrected chi connectivity index (χ1v) is 7.15. The van der Waals surface area contributed by atoms with Crippen molar-refractivity contribution in [2.24, 2.45) is 0 Å². The highest BCUT2D eigenvalue weighted by Crippen LogP contribution is 2.23. The minimum atomic E-state index is 0.548. The summed E-state index contributed by atoms with van der Waals surface area (Å²) in [4.78, 5) is 2.45. The van der Waals surface area contributed by atoms with E-state index in [1.807, 2.05) is 12.3 Å². The van der Waals surface area contributed by atoms with E-state index >= 15 is 0 Å². The van der Waals surface area contributed by atoms with Gasteiger partial charge in [0.1, 0.15) is 0 Å². The standard InChI is InChI=1S/C14H19N5/c1-2-6-19-13(4-1)8-12(16-19)9-17-10-14(11-17)18-7-3-5-15-18/h3,5,7-8,14H,1-2,4,6,9-11H2. The Hall–Kier alpha value is -1.62. The molecule has 1 saturated heterocycles. The molecule has 19 heavy (non-hydrogen) atoms. The molecule has 0 spiro atoms. The SMILES string of the molecule is c1cnn(C2CN(Cc3cc4n(n3)CCCC4)C2)c1. The lowest BCUT2D eigenvalue weighted by Crippen LogP contribution is -2.47. The molecule has 0 bridgehead atoms. The fraction of sp³-hybridized carbons (Fsp3) is 0.571. The van der Waals surface area contributed by atoms with Crippen molar-refractivity contribution in [3.8, 4) is 0 Å². The molecule has 100 valence electrons. The van der Waals surface area contributed by atoms with Crippen molar-refractivity contribution in [2.75, 3.05) is 13.1 Å². The summed E-state index contributed by atoms with van der Waals surface area (Å²) in [7, 11) is 0. The Morgan fingerprint density at radius 2 is 2.21 bits per heavy atom. The smallest absolute Gasteiger partial charge is 0.0773 e. The Kier molecular flexibility index (Phi) is 2.65. The lowest BCUT2D eigenvalue weighted by Gasteiger charge is -2.38. The van der Waals surface area contributed by atoms with E-state index in [9.17, 15) is 0 Å². The zero-order chi connectivity index (χ0) is 12.7. The van der Waals surface area contributed by atoms with E-state index in [1.165, 1.54) is 30.7 Å². The zero-order valence-electron chi connectivity index (χ0n) is 11.1. The third-order valence-corrected chi connectivity index (χ3v) is 4.19. The van der Waals surface area contributed by atoms with Crippen molar-refractivity contribution in [1.82, 2.24) is 24.5 Å². The van der Waals surface area contributed by atoms with Crippen LogP contribution in [0.2, 0.25) is 0 Å². The van der Waals surface area contributed by atoms with Gasteiger partial charge in [0.15, 0.2) is 0 Å². The fourth-order valence-electron chi connectivity index (χ4n) is 3.12. The summed E-state index contributed by atoms with van der Waals surface area (Å²) >= 11 is 0. The van der Waals surface area contributed by atoms with Crippen LogP contribution in [0, 0.1) is 0 Å². The van der Waals surface area contributed by atoms with Gasteiger partial charge >= 0.3 is 0 Å². The molecule has 0 radical (unpaired) electrons. The molecule has 0 amide bonds. The molecule has 2 aromatic heterocycles. The molecular formula is C14H19N5. The summed E-state index contributed by atoms with van der Waals surface area (Å²) in [6, 6.07) is 4.83. The quantitative estimate of drug-likeness (QED) is 0.836. The van der Waals surface area contributed by atoms with Crippen LogP contribution in [0.3, 0.4) is 0 Å². The molecule has 0 unspecified atom stereocenters. The highest BCUT2D eigenvalue weighted by Gasteiger charge is 2.29. The second-order valence-corrected chi connectivity index (χ2v) is 5.64. The van der Waals surface area contributed by atoms with Gasteiger partial charge in [0.05, 0.1) is 11.7 Å². The molecule has 5 nitrogen and oxygen atoms in total. The van der Waals surface area contributed by atoms with Gasteiger partial charge < -0.3 is 0 Å². The molecule has 2 aliphatic rings. The Morgan fingerprint density at radius 3 is 3.00 bits per heavy atom. The Balaban J connectivity index is 1.37. The van der Waals surface area contributed by atoms with Crippen molar-refractivity contribution in [3.05, 3.63) is 35.9 Å². The molecule has 4 heterocycles. The molecule has 0 aromatic carbocycles. The fourth-order valence-corrected chi connectivity index (χ4v) is 3.12. The van der Waals surface area contributed by atoms with Crippen molar-refractivity contribution >= 4 is 0 Å². The van der Waals surface area contributed by atoms with Gasteiger partial charge in [-0.3, -0.25) is 14.3 Å². The first-order valence-electron chi connectivity index (χ1n) is 7.15. The van der Waals surface area contributed by atoms with Crippen LogP contribution in [-0.4, -0.2) is 37.6 Å². The van der Waals surface area contributed by atoms with E-state index < -0.39 is 0 Å². The second kappa shape index (κ2) is 4.49. The van der Waals surface area contributed by atoms with Crippen LogP contribution in [0.25, 0.3) is 0 Å². The number of fused-ring (bicyclic) bond motifs is 1. The maximum absolute atomic E-state index is 4.71. The molecule has 2 aliphatic heterocycles. The Labute approximate surface area is 112 Å². The average Bonchev–Trinajstić information content (AvgIpc) is 3.01. The predicted molar refractivity (Wildman–Crippen MR) is 71.7 cm³/mol. The predicted octanol–water partition coefficient (Wildman–Crippen LogP) is 1.47. The molecular weight excluding hydrogens is 238 g/mol. The van der Waals surface area contributed by atoms with Gasteiger partial charge in [-0.1, -0.05) is 0 Å². The van der Waals surface area contributed by atoms with Crippen molar-refractivity contribution < 1.29 is 0 Å². The Morgan fingerprint density at radius 1 is 1.26 bits per heavy atom. The van der Waals surface area contributed by atoms with E-state index in [-0.39, 0.29) is 0 Å². The normalized spacial score (nSPS) is 20.2. The number of likely N-dealkylation sites (tertiary alicyclic amines) is 1. The summed E-state index contributed by atoms with van der Waals surface area (Å²) in [5, 5.41) is 9.02. The van der Waals surface area contributed by atoms with Crippen molar-refractivity contribution in [3.63, 3.8) is 0 Å². The van der Waals surface area contributed by atoms with Crippen LogP contribution >= 0.6 is 0 Å². The molecule has 4 rings (SSSR count). The van der Waals surface area contributed by atoms with E-state index in [2.05, 4.69) is 31.6 Å². The van der Waals surface area contributed by atoms with Crippen LogP contribution in [0.15, 0.2) is 24.5 Å². The Bertz CT molecular complexity index is 527. The molecule has 2 aromatic rings. The summed E-state index contributed by atoms with van der Waals surface area (Å²) in [6.07, 6.45) is 7.70. The van der Waals surface area contributed by atoms with Crippen LogP contribution in [-0.2, 0) is 19.5 Å². The van der Waals surface area contributed by atoms with Gasteiger partial charge in [0.2, 0.25) is 0 Å². The van der Waals surface area contributed by atoms with Gasteiger partial charge in [-0.15, -0.1) is 0 Å². The lowest BCUT2D eigenvalue weighted by atomic mass is 10.1. The topological polar surface area (TPSA) is 38.9 Å². The van der Waals surface area contributed by atoms with Crippen LogP contribution in [0.1, 0.15) is 30.3 Å². The van der Waals surface area contributed by atoms with Gasteiger partial charge in [-0.05, 0) is 31.4 Å². The number of aryl methyl sites for hydroxylation is 2. The molecule has 0 aliphatic carbocycles. The number of hydrogen-bond donors (Lipinski definition) is 0. The molecule has 0 atom stereocenters. The van der Waals surface area contributed by atoms with Gasteiger partial charge in [0, 0.05) is 44.3 Å². The maximum Gasteiger partial charge on any atom is 0.0773 e. The van der Waals surface area contributed by atoms with E-state index in [1.54, 1.807) is 0 Å². The summed E-state index contributed by atoms with van der Waals surface area (Å²) < 4.78 is 4.26. The first kappa shape index (κ1) is 11.2. The molecule has 5 heteroatoms. The van der Waals surface area contributed by atoms with Crippen molar-refractivity contribution in [2.45, 2.75) is 38.4 Å². The van der Waals surface area contributed by atoms with Crippen molar-refractivity contribution in [1.29, 1.82) is 0 Å². The van der Waals surface area contributed by atoms with Crippen LogP contribution in [0.5, 0.6) is 0 Å². The van der Waals surface area contributed by atoms with E-state index in [0.717, 1.165) is 26.2 Å². The van der Waals surface area contributed by atoms with E-state index in [0.29, 0.717) is 6.04 Å². The monoisotopic (exact) mass is 257 g/mol. The van der Waals surface area contributed by atoms with Gasteiger partial charge in [-0.2, -0.15) is 10.2 Å². The molecule has 0 N–H and O–H groups in total. The number of aromatic nitrogens is 4. The summed E-state index contributed by atoms with van der Waals surface area (Å²) in [5.41, 5.74) is 2.65. The largest absolute Gasteiger partial charge is 0.293 e. The third kappa shape index (κ3) is 2.08. The maximum atomic E-state index is 4.71. The summed E-state index contributed by atoms with van der Waals surface area (Å²) in [5.74, 6) is 0. The first-order chi connectivity index (χ1) is 9.38. The number of rotatable bonds is 3. The highest BCUT2D eigenvalue weighted by atomic mass is 15.4. The number of hydrogen-bond acceptors (Lipinski definition) is 3. The third-order valence-electron chi connectivity index (χ3n) is 4.19. The average molecular weight is 257 g/mol. The zero-order valence-corrected chi connectivity index (χ0v) is 11.1. The summed E-state index contributed by atoms with van der Waals surface area (Å²) in [6.45, 7) is 4.26. The minimum Gasteiger partial charge on any atom is -0.293 e. The van der Waals surface area contributed by atoms with Crippen LogP contribution < -0.4 is 0 Å². The van der Waals surface area contributed by atoms with Gasteiger partial charge in [-0.25, -0.2) is 0 Å². The van der Waals surface area contributed by atoms with Gasteiger partial charge in [0.25, 0.3) is 0 Å².